The van der Waals surface area contributed by atoms with Crippen molar-refractivity contribution >= 4 is 55.6 Å². The third kappa shape index (κ3) is 2.64. The van der Waals surface area contributed by atoms with Crippen molar-refractivity contribution in [2.45, 2.75) is 0 Å². The van der Waals surface area contributed by atoms with E-state index in [0.717, 1.165) is 0 Å². The molecule has 2 aromatic heterocycles. The number of aromatic nitrogens is 1. The summed E-state index contributed by atoms with van der Waals surface area (Å²) in [5.41, 5.74) is 6.25. The molecule has 32 heavy (non-hydrogen) atoms. The monoisotopic (exact) mass is 473 g/mol. The molecule has 1 nitrogen and oxygen atoms in total. The first-order valence-corrected chi connectivity index (χ1v) is 12.6. The van der Waals surface area contributed by atoms with Crippen LogP contribution in [0.3, 0.4) is 0 Å². The van der Waals surface area contributed by atoms with Gasteiger partial charge < -0.3 is 0 Å². The van der Waals surface area contributed by atoms with Gasteiger partial charge in [0.1, 0.15) is 0 Å². The topological polar surface area (TPSA) is 4.93 Å². The van der Waals surface area contributed by atoms with Gasteiger partial charge in [0.2, 0.25) is 0 Å². The summed E-state index contributed by atoms with van der Waals surface area (Å²) in [6.07, 6.45) is 0. The van der Waals surface area contributed by atoms with Gasteiger partial charge in [0.15, 0.2) is 0 Å². The molecule has 0 saturated heterocycles. The van der Waals surface area contributed by atoms with Crippen molar-refractivity contribution in [1.82, 2.24) is 4.57 Å². The molecule has 0 N–H and O–H groups in total. The summed E-state index contributed by atoms with van der Waals surface area (Å²) in [5.74, 6) is 0. The molecule has 2 heterocycles. The first-order chi connectivity index (χ1) is 15.9. The summed E-state index contributed by atoms with van der Waals surface area (Å²) in [7, 11) is 0. The van der Waals surface area contributed by atoms with Crippen LogP contribution < -0.4 is 0 Å². The molecular formula is C30H19NSe. The molecule has 7 aromatic rings. The first kappa shape index (κ1) is 18.0. The van der Waals surface area contributed by atoms with E-state index in [1.165, 1.54) is 57.9 Å². The molecule has 0 fully saturated rings. The zero-order valence-electron chi connectivity index (χ0n) is 17.3. The second-order valence-corrected chi connectivity index (χ2v) is 10.5. The Morgan fingerprint density at radius 1 is 0.438 bits per heavy atom. The zero-order chi connectivity index (χ0) is 21.1. The number of para-hydroxylation sites is 2. The van der Waals surface area contributed by atoms with E-state index in [4.69, 9.17) is 0 Å². The number of nitrogens with zero attached hydrogens (tertiary/aromatic N) is 1. The standard InChI is InChI=1S/C30H19NSe/c1-2-8-22(9-3-1)31-27-12-6-4-10-23(27)25-18-20(14-16-28(25)31)21-15-17-30-26(19-21)24-11-5-7-13-29(24)32-30/h1-19H. The zero-order valence-corrected chi connectivity index (χ0v) is 19.0. The molecule has 7 rings (SSSR count). The Balaban J connectivity index is 1.49. The minimum absolute atomic E-state index is 0.414. The summed E-state index contributed by atoms with van der Waals surface area (Å²) < 4.78 is 5.35. The number of hydrogen-bond acceptors (Lipinski definition) is 0. The summed E-state index contributed by atoms with van der Waals surface area (Å²) in [6, 6.07) is 42.2. The van der Waals surface area contributed by atoms with Gasteiger partial charge in [-0.1, -0.05) is 6.07 Å². The molecule has 0 amide bonds. The van der Waals surface area contributed by atoms with Crippen molar-refractivity contribution in [3.63, 3.8) is 0 Å². The van der Waals surface area contributed by atoms with Gasteiger partial charge in [-0.25, -0.2) is 0 Å². The first-order valence-electron chi connectivity index (χ1n) is 10.9. The van der Waals surface area contributed by atoms with Crippen LogP contribution in [0.25, 0.3) is 57.9 Å². The van der Waals surface area contributed by atoms with Crippen LogP contribution in [0.1, 0.15) is 0 Å². The molecule has 0 saturated carbocycles. The molecule has 150 valence electrons. The third-order valence-corrected chi connectivity index (χ3v) is 8.81. The third-order valence-electron chi connectivity index (χ3n) is 6.40. The molecule has 0 spiro atoms. The van der Waals surface area contributed by atoms with Gasteiger partial charge in [0.05, 0.1) is 0 Å². The van der Waals surface area contributed by atoms with Gasteiger partial charge in [0, 0.05) is 0 Å². The van der Waals surface area contributed by atoms with Crippen LogP contribution in [0.15, 0.2) is 115 Å². The summed E-state index contributed by atoms with van der Waals surface area (Å²) in [4.78, 5) is 0. The second kappa shape index (κ2) is 6.97. The molecule has 0 aliphatic carbocycles. The Labute approximate surface area is 191 Å². The molecule has 2 heteroatoms. The van der Waals surface area contributed by atoms with Crippen molar-refractivity contribution in [1.29, 1.82) is 0 Å². The van der Waals surface area contributed by atoms with Crippen LogP contribution in [0.2, 0.25) is 0 Å². The quantitative estimate of drug-likeness (QED) is 0.226. The molecule has 5 aromatic carbocycles. The van der Waals surface area contributed by atoms with Crippen LogP contribution in [-0.2, 0) is 0 Å². The molecule has 0 bridgehead atoms. The normalized spacial score (nSPS) is 11.8. The molecule has 0 aliphatic rings. The maximum absolute atomic E-state index is 2.39. The van der Waals surface area contributed by atoms with Crippen LogP contribution in [0.5, 0.6) is 0 Å². The number of fused-ring (bicyclic) bond motifs is 6. The predicted molar refractivity (Wildman–Crippen MR) is 138 cm³/mol. The van der Waals surface area contributed by atoms with E-state index < -0.39 is 0 Å². The summed E-state index contributed by atoms with van der Waals surface area (Å²) >= 11 is 0.414. The minimum atomic E-state index is 0.414. The average Bonchev–Trinajstić information content (AvgIpc) is 3.39. The van der Waals surface area contributed by atoms with E-state index in [2.05, 4.69) is 120 Å². The van der Waals surface area contributed by atoms with Gasteiger partial charge in [-0.15, -0.1) is 0 Å². The van der Waals surface area contributed by atoms with E-state index in [1.54, 1.807) is 0 Å². The number of hydrogen-bond donors (Lipinski definition) is 0. The molecular weight excluding hydrogens is 453 g/mol. The van der Waals surface area contributed by atoms with E-state index in [0.29, 0.717) is 14.5 Å². The number of benzene rings is 5. The van der Waals surface area contributed by atoms with Crippen molar-refractivity contribution < 1.29 is 0 Å². The van der Waals surface area contributed by atoms with Gasteiger partial charge in [0.25, 0.3) is 0 Å². The van der Waals surface area contributed by atoms with Crippen molar-refractivity contribution in [3.05, 3.63) is 115 Å². The Kier molecular flexibility index (Phi) is 3.93. The maximum atomic E-state index is 2.39. The fraction of sp³-hybridized carbons (Fsp3) is 0. The SMILES string of the molecule is c1ccc(-n2c3ccccc3c3cc(-c4ccc5[se]c6ccccc6c5c4)ccc32)cc1. The Hall–Kier alpha value is -3.58. The van der Waals surface area contributed by atoms with Crippen LogP contribution in [0, 0.1) is 0 Å². The Bertz CT molecular complexity index is 1770. The average molecular weight is 472 g/mol. The van der Waals surface area contributed by atoms with E-state index in [1.807, 2.05) is 0 Å². The van der Waals surface area contributed by atoms with E-state index in [9.17, 15) is 0 Å². The van der Waals surface area contributed by atoms with Gasteiger partial charge >= 0.3 is 186 Å². The number of rotatable bonds is 2. The van der Waals surface area contributed by atoms with Crippen LogP contribution in [-0.4, -0.2) is 19.1 Å². The van der Waals surface area contributed by atoms with Gasteiger partial charge in [-0.2, -0.15) is 0 Å². The Morgan fingerprint density at radius 2 is 1.06 bits per heavy atom. The van der Waals surface area contributed by atoms with Crippen molar-refractivity contribution in [3.8, 4) is 16.8 Å². The van der Waals surface area contributed by atoms with Crippen LogP contribution in [0.4, 0.5) is 0 Å². The molecule has 0 radical (unpaired) electrons. The molecule has 0 atom stereocenters. The summed E-state index contributed by atoms with van der Waals surface area (Å²) in [6.45, 7) is 0. The summed E-state index contributed by atoms with van der Waals surface area (Å²) in [5, 5.41) is 5.41. The van der Waals surface area contributed by atoms with Crippen molar-refractivity contribution in [2.24, 2.45) is 0 Å². The molecule has 0 unspecified atom stereocenters. The van der Waals surface area contributed by atoms with Gasteiger partial charge in [-0.05, 0) is 0 Å². The fourth-order valence-electron chi connectivity index (χ4n) is 4.91. The van der Waals surface area contributed by atoms with E-state index in [-0.39, 0.29) is 0 Å². The van der Waals surface area contributed by atoms with E-state index >= 15 is 0 Å². The molecule has 0 aliphatic heterocycles. The second-order valence-electron chi connectivity index (χ2n) is 8.23. The van der Waals surface area contributed by atoms with Gasteiger partial charge in [-0.3, -0.25) is 0 Å². The van der Waals surface area contributed by atoms with Crippen LogP contribution >= 0.6 is 0 Å². The fourth-order valence-corrected chi connectivity index (χ4v) is 7.19. The van der Waals surface area contributed by atoms with Crippen molar-refractivity contribution in [2.75, 3.05) is 0 Å². The Morgan fingerprint density at radius 3 is 1.94 bits per heavy atom. The predicted octanol–water partition coefficient (Wildman–Crippen LogP) is 7.81.